The molecule has 310 valence electrons. The molecule has 6 atom stereocenters. The molecule has 15 heteroatoms. The van der Waals surface area contributed by atoms with E-state index in [1.807, 2.05) is 12.1 Å². The Balaban J connectivity index is 1.49. The summed E-state index contributed by atoms with van der Waals surface area (Å²) in [5.74, 6) is -0.514. The largest absolute Gasteiger partial charge is 0.492 e. The fourth-order valence-corrected chi connectivity index (χ4v) is 8.74. The molecule has 1 saturated carbocycles. The van der Waals surface area contributed by atoms with E-state index in [1.54, 1.807) is 25.3 Å². The number of aliphatic hydroxyl groups excluding tert-OH is 2. The van der Waals surface area contributed by atoms with Crippen molar-refractivity contribution < 1.29 is 43.7 Å². The first kappa shape index (κ1) is 42.4. The van der Waals surface area contributed by atoms with Crippen molar-refractivity contribution in [2.45, 2.75) is 69.3 Å². The molecular formula is C42H55ClN4O10. The van der Waals surface area contributed by atoms with Crippen LogP contribution in [0.4, 0.5) is 10.5 Å². The standard InChI is InChI=1S/C42H55ClN4O10/c1-3-22-55-42-38(45(2)41(50)54-23-16-43)27-36(44-56-28-29-10-12-31(13-11-29)47(51)52)34-25-30(8-4-6-20-48)33(9-5-7-21-49)39(40(34)42)35-26-32(14-15-37(35)57-42)53-24-19-46-17-18-46/h3,10-15,25-26,30,33,38-40,48-49H,1,4-9,16-24,27-28H2,2H3/t30-,33+,38-,39+,40+,42+/m0/s1. The average Bonchev–Trinajstić information content (AvgIpc) is 4.05. The molecule has 0 spiro atoms. The zero-order chi connectivity index (χ0) is 40.4. The van der Waals surface area contributed by atoms with Gasteiger partial charge in [-0.05, 0) is 79.0 Å². The van der Waals surface area contributed by atoms with Crippen LogP contribution in [0.5, 0.6) is 11.5 Å². The van der Waals surface area contributed by atoms with Gasteiger partial charge in [0.1, 0.15) is 37.4 Å². The minimum Gasteiger partial charge on any atom is -0.492 e. The second-order valence-corrected chi connectivity index (χ2v) is 15.5. The first-order chi connectivity index (χ1) is 27.7. The fraction of sp³-hybridized carbons (Fsp3) is 0.571. The Morgan fingerprint density at radius 2 is 1.88 bits per heavy atom. The predicted molar refractivity (Wildman–Crippen MR) is 215 cm³/mol. The summed E-state index contributed by atoms with van der Waals surface area (Å²) in [5, 5.41) is 35.7. The van der Waals surface area contributed by atoms with Crippen LogP contribution in [0.2, 0.25) is 0 Å². The molecule has 1 saturated heterocycles. The Hall–Kier alpha value is -4.21. The Kier molecular flexibility index (Phi) is 14.9. The van der Waals surface area contributed by atoms with Crippen LogP contribution in [-0.4, -0.2) is 114 Å². The molecule has 0 bridgehead atoms. The van der Waals surface area contributed by atoms with E-state index in [-0.39, 0.29) is 68.8 Å². The summed E-state index contributed by atoms with van der Waals surface area (Å²) in [5.41, 5.74) is 3.15. The number of amides is 1. The molecule has 1 amide bonds. The van der Waals surface area contributed by atoms with Crippen molar-refractivity contribution in [2.75, 3.05) is 65.6 Å². The van der Waals surface area contributed by atoms with Gasteiger partial charge in [0.15, 0.2) is 0 Å². The number of aliphatic hydroxyl groups is 2. The van der Waals surface area contributed by atoms with E-state index in [1.165, 1.54) is 17.0 Å². The number of rotatable bonds is 22. The maximum atomic E-state index is 13.7. The zero-order valence-corrected chi connectivity index (χ0v) is 33.4. The highest BCUT2D eigenvalue weighted by molar-refractivity contribution is 6.18. The van der Waals surface area contributed by atoms with Crippen molar-refractivity contribution in [1.29, 1.82) is 0 Å². The summed E-state index contributed by atoms with van der Waals surface area (Å²) >= 11 is 5.93. The number of nitrogens with zero attached hydrogens (tertiary/aromatic N) is 4. The Bertz CT molecular complexity index is 1750. The lowest BCUT2D eigenvalue weighted by Crippen LogP contribution is -2.69. The highest BCUT2D eigenvalue weighted by Gasteiger charge is 2.65. The number of halogens is 1. The van der Waals surface area contributed by atoms with Crippen LogP contribution in [0.1, 0.15) is 62.0 Å². The maximum Gasteiger partial charge on any atom is 0.410 e. The van der Waals surface area contributed by atoms with Crippen LogP contribution >= 0.6 is 11.6 Å². The van der Waals surface area contributed by atoms with Crippen LogP contribution in [0.25, 0.3) is 0 Å². The monoisotopic (exact) mass is 810 g/mol. The van der Waals surface area contributed by atoms with Crippen LogP contribution < -0.4 is 9.47 Å². The van der Waals surface area contributed by atoms with Crippen molar-refractivity contribution in [2.24, 2.45) is 22.9 Å². The van der Waals surface area contributed by atoms with Gasteiger partial charge in [-0.15, -0.1) is 18.2 Å². The van der Waals surface area contributed by atoms with E-state index in [0.29, 0.717) is 36.5 Å². The molecule has 0 unspecified atom stereocenters. The minimum absolute atomic E-state index is 0.0150. The lowest BCUT2D eigenvalue weighted by Gasteiger charge is -2.59. The normalized spacial score (nSPS) is 25.4. The number of allylic oxidation sites excluding steroid dienone is 1. The van der Waals surface area contributed by atoms with Crippen molar-refractivity contribution in [1.82, 2.24) is 9.80 Å². The van der Waals surface area contributed by atoms with Gasteiger partial charge in [0, 0.05) is 69.9 Å². The molecule has 2 aromatic rings. The predicted octanol–water partition coefficient (Wildman–Crippen LogP) is 6.43. The average molecular weight is 811 g/mol. The number of nitro benzene ring substituents is 1. The van der Waals surface area contributed by atoms with Gasteiger partial charge in [0.25, 0.3) is 5.69 Å². The number of hydrogen-bond donors (Lipinski definition) is 2. The number of likely N-dealkylation sites (N-methyl/N-ethyl adjacent to an activating group) is 1. The quantitative estimate of drug-likeness (QED) is 0.0336. The number of oxime groups is 1. The Morgan fingerprint density at radius 3 is 2.56 bits per heavy atom. The number of carbonyl (C=O) groups is 1. The molecule has 0 aromatic heterocycles. The van der Waals surface area contributed by atoms with Gasteiger partial charge in [0.05, 0.1) is 29.0 Å². The number of hydrogen-bond acceptors (Lipinski definition) is 12. The number of benzene rings is 2. The van der Waals surface area contributed by atoms with E-state index in [9.17, 15) is 25.1 Å². The molecule has 14 nitrogen and oxygen atoms in total. The van der Waals surface area contributed by atoms with Crippen LogP contribution in [0, 0.1) is 27.9 Å². The van der Waals surface area contributed by atoms with Gasteiger partial charge in [-0.25, -0.2) is 4.79 Å². The highest BCUT2D eigenvalue weighted by atomic mass is 35.5. The third-order valence-electron chi connectivity index (χ3n) is 11.5. The number of alkyl halides is 1. The first-order valence-corrected chi connectivity index (χ1v) is 20.5. The molecule has 6 rings (SSSR count). The molecule has 57 heavy (non-hydrogen) atoms. The topological polar surface area (TPSA) is 165 Å². The Labute approximate surface area is 339 Å². The van der Waals surface area contributed by atoms with Gasteiger partial charge in [-0.3, -0.25) is 15.0 Å². The summed E-state index contributed by atoms with van der Waals surface area (Å²) in [4.78, 5) is 34.4. The number of fused-ring (bicyclic) bond motifs is 2. The van der Waals surface area contributed by atoms with E-state index in [0.717, 1.165) is 62.2 Å². The van der Waals surface area contributed by atoms with Gasteiger partial charge < -0.3 is 38.9 Å². The Morgan fingerprint density at radius 1 is 1.12 bits per heavy atom. The van der Waals surface area contributed by atoms with Crippen molar-refractivity contribution in [3.63, 3.8) is 0 Å². The molecular weight excluding hydrogens is 756 g/mol. The van der Waals surface area contributed by atoms with Crippen LogP contribution in [0.3, 0.4) is 0 Å². The van der Waals surface area contributed by atoms with Gasteiger partial charge in [-0.1, -0.05) is 30.1 Å². The summed E-state index contributed by atoms with van der Waals surface area (Å²) < 4.78 is 25.9. The lowest BCUT2D eigenvalue weighted by molar-refractivity contribution is -0.384. The molecule has 2 aliphatic heterocycles. The second kappa shape index (κ2) is 20.0. The zero-order valence-electron chi connectivity index (χ0n) is 32.6. The van der Waals surface area contributed by atoms with Crippen LogP contribution in [-0.2, 0) is 20.9 Å². The first-order valence-electron chi connectivity index (χ1n) is 20.0. The number of carbonyl (C=O) groups excluding carboxylic acids is 1. The third kappa shape index (κ3) is 9.92. The highest BCUT2D eigenvalue weighted by Crippen LogP contribution is 2.61. The van der Waals surface area contributed by atoms with Gasteiger partial charge in [-0.2, -0.15) is 0 Å². The summed E-state index contributed by atoms with van der Waals surface area (Å²) in [6.45, 7) is 7.88. The summed E-state index contributed by atoms with van der Waals surface area (Å²) in [7, 11) is 1.66. The molecule has 2 aliphatic carbocycles. The molecule has 0 radical (unpaired) electrons. The molecule has 4 aliphatic rings. The molecule has 2 fully saturated rings. The van der Waals surface area contributed by atoms with Gasteiger partial charge in [0.2, 0.25) is 5.79 Å². The molecule has 2 aromatic carbocycles. The number of nitro groups is 1. The molecule has 2 heterocycles. The van der Waals surface area contributed by atoms with E-state index in [4.69, 9.17) is 40.5 Å². The fourth-order valence-electron chi connectivity index (χ4n) is 8.66. The van der Waals surface area contributed by atoms with E-state index >= 15 is 0 Å². The summed E-state index contributed by atoms with van der Waals surface area (Å²) in [6.07, 6.45) is 8.04. The second-order valence-electron chi connectivity index (χ2n) is 15.1. The van der Waals surface area contributed by atoms with Gasteiger partial charge >= 0.3 is 6.09 Å². The van der Waals surface area contributed by atoms with Crippen molar-refractivity contribution in [3.05, 3.63) is 88.0 Å². The minimum atomic E-state index is -1.42. The SMILES string of the molecule is C=CCO[C@@]12Oc3ccc(OCCN4CC4)cc3[C@H]3[C@H](CCCCO)[C@@H](CCCCO)C=C(C(=NOCc4ccc([N+](=O)[O-])cc4)C[C@@H]1N(C)C(=O)OCCCl)[C@H]32. The smallest absolute Gasteiger partial charge is 0.410 e. The third-order valence-corrected chi connectivity index (χ3v) is 11.6. The van der Waals surface area contributed by atoms with Crippen molar-refractivity contribution >= 4 is 29.1 Å². The maximum absolute atomic E-state index is 13.7. The number of non-ortho nitro benzene ring substituents is 1. The lowest BCUT2D eigenvalue weighted by atomic mass is 9.55. The number of ether oxygens (including phenoxy) is 4. The van der Waals surface area contributed by atoms with Crippen LogP contribution in [0.15, 0.2) is 71.9 Å². The van der Waals surface area contributed by atoms with E-state index < -0.39 is 28.8 Å². The van der Waals surface area contributed by atoms with E-state index in [2.05, 4.69) is 23.6 Å². The van der Waals surface area contributed by atoms with Crippen molar-refractivity contribution in [3.8, 4) is 11.5 Å². The number of unbranched alkanes of at least 4 members (excludes halogenated alkanes) is 2. The molecule has 2 N–H and O–H groups in total. The summed E-state index contributed by atoms with van der Waals surface area (Å²) in [6, 6.07) is 11.3.